The van der Waals surface area contributed by atoms with Gasteiger partial charge in [0.05, 0.1) is 30.0 Å². The second-order valence-electron chi connectivity index (χ2n) is 27.5. The summed E-state index contributed by atoms with van der Waals surface area (Å²) in [6, 6.07) is 13.8. The van der Waals surface area contributed by atoms with E-state index < -0.39 is 69.0 Å². The number of anilines is 2. The van der Waals surface area contributed by atoms with Crippen LogP contribution in [0.2, 0.25) is 20.4 Å². The van der Waals surface area contributed by atoms with Gasteiger partial charge in [0.2, 0.25) is 11.8 Å². The van der Waals surface area contributed by atoms with Crippen LogP contribution < -0.4 is 16.4 Å². The lowest BCUT2D eigenvalue weighted by atomic mass is 9.51. The van der Waals surface area contributed by atoms with Crippen LogP contribution in [0.25, 0.3) is 0 Å². The summed E-state index contributed by atoms with van der Waals surface area (Å²) < 4.78 is 42.7. The molecule has 4 aromatic rings. The Labute approximate surface area is 540 Å². The number of nitrogens with zero attached hydrogens (tertiary/aromatic N) is 2. The largest absolute Gasteiger partial charge is 0.481 e. The third-order valence-corrected chi connectivity index (χ3v) is 22.5. The molecule has 0 bridgehead atoms. The fourth-order valence-electron chi connectivity index (χ4n) is 16.9. The summed E-state index contributed by atoms with van der Waals surface area (Å²) in [4.78, 5) is 86.8. The van der Waals surface area contributed by atoms with E-state index in [0.717, 1.165) is 56.9 Å². The Morgan fingerprint density at radius 1 is 0.614 bits per heavy atom. The maximum atomic E-state index is 16.1. The Hall–Kier alpha value is -4.65. The van der Waals surface area contributed by atoms with E-state index in [4.69, 9.17) is 61.6 Å². The minimum absolute atomic E-state index is 0. The quantitative estimate of drug-likeness (QED) is 0.109. The number of fused-ring (bicyclic) bond motifs is 6. The summed E-state index contributed by atoms with van der Waals surface area (Å²) >= 11 is 24.9. The highest BCUT2D eigenvalue weighted by Crippen LogP contribution is 2.74. The Balaban J connectivity index is 0.000000181. The molecule has 4 aliphatic heterocycles. The number of ether oxygens (including phenoxy) is 2. The first kappa shape index (κ1) is 67.7. The van der Waals surface area contributed by atoms with Crippen LogP contribution in [-0.4, -0.2) is 81.7 Å². The molecular weight excluding hydrogens is 1230 g/mol. The molecular formula is C67H80Cl5F2N5O9. The summed E-state index contributed by atoms with van der Waals surface area (Å²) in [7, 11) is 0. The van der Waals surface area contributed by atoms with Crippen molar-refractivity contribution in [3.8, 4) is 0 Å². The van der Waals surface area contributed by atoms with Crippen molar-refractivity contribution in [2.75, 3.05) is 23.8 Å². The van der Waals surface area contributed by atoms with E-state index in [2.05, 4.69) is 48.3 Å². The van der Waals surface area contributed by atoms with Gasteiger partial charge in [-0.1, -0.05) is 100 Å². The summed E-state index contributed by atoms with van der Waals surface area (Å²) in [5.41, 5.74) is 5.18. The van der Waals surface area contributed by atoms with Gasteiger partial charge in [0, 0.05) is 76.9 Å². The van der Waals surface area contributed by atoms with Crippen molar-refractivity contribution in [1.82, 2.24) is 9.97 Å². The molecule has 4 aliphatic carbocycles. The van der Waals surface area contributed by atoms with Gasteiger partial charge in [-0.25, -0.2) is 18.7 Å². The monoisotopic (exact) mass is 1310 g/mol. The summed E-state index contributed by atoms with van der Waals surface area (Å²) in [6.45, 7) is 13.4. The number of benzene rings is 2. The maximum absolute atomic E-state index is 16.1. The number of carbonyl (C=O) groups excluding carboxylic acids is 5. The Morgan fingerprint density at radius 3 is 1.43 bits per heavy atom. The van der Waals surface area contributed by atoms with Gasteiger partial charge in [-0.15, -0.1) is 12.4 Å². The Kier molecular flexibility index (Phi) is 20.1. The molecule has 8 aliphatic rings. The molecule has 476 valence electrons. The average Bonchev–Trinajstić information content (AvgIpc) is 1.53. The number of pyridine rings is 2. The molecule has 14 nitrogen and oxygen atoms in total. The van der Waals surface area contributed by atoms with Crippen molar-refractivity contribution in [1.29, 1.82) is 0 Å². The molecule has 0 unspecified atom stereocenters. The van der Waals surface area contributed by atoms with E-state index in [1.165, 1.54) is 18.5 Å². The molecule has 4 saturated carbocycles. The zero-order chi connectivity index (χ0) is 62.8. The minimum atomic E-state index is -1.25. The van der Waals surface area contributed by atoms with E-state index >= 15 is 8.78 Å². The number of halogens is 7. The lowest BCUT2D eigenvalue weighted by Gasteiger charge is -2.51. The van der Waals surface area contributed by atoms with Gasteiger partial charge in [0.25, 0.3) is 0 Å². The standard InChI is InChI=1S/C34H39Cl2FN2O4.C25H25Cl2FN2O3.C8H15NO2.ClH/c1-4-25(40)27-8-5-19(18-43-27)15-26(41)22-17-33(12-10-32(2,3)11-13-33)34(28(22)21-9-14-38-30(36)29(21)37)23-7-6-20(35)16-24(23)39-31(34)42;1-23(2)6-8-24(9-7-23)12-15(21(31)32)18(14-5-10-29-20(27)19(14)28)25(24)16-4-3-13(26)11-17(16)30-22(25)33;1-2-7(10)8-4-3-6(9)5-11-8;/h6-7,9,14,16,19,22,27-28H,4-5,8,10-13,15,17-18H2,1-3H3,(H,39,42);3-5,10-11,15,18H,6-9,12H2,1-2H3,(H,30,33)(H,31,32);6,8H,2-5,9H2,1H3;1H/t19-,22-,27-,28-,34+;15-,18+,25-;6-,8+;/m011./s1. The molecule has 5 N–H and O–H groups in total. The number of carboxylic acids is 1. The zero-order valence-electron chi connectivity index (χ0n) is 50.7. The molecule has 10 atom stereocenters. The molecule has 6 heterocycles. The van der Waals surface area contributed by atoms with Gasteiger partial charge in [-0.3, -0.25) is 28.8 Å². The SMILES string of the molecule is CC1(C)CCC2(CC1)C[C@@H](C(=O)O)[C@H](c1ccnc(Cl)c1F)[C@]21C(=O)Nc2cc(Cl)ccc21.CCC(=O)[C@@H]1CC[C@@H](CC(=O)[C@@H]2CC3(CCC(C)(C)CC3)[C@@]3(C(=O)Nc4cc(Cl)ccc43)[C@H]2c2ccnc(Cl)c2F)CO1.CCC(=O)[C@@H]1CC[C@@H](N)CO1.Cl. The first-order valence-corrected chi connectivity index (χ1v) is 32.3. The molecule has 0 radical (unpaired) electrons. The number of rotatable bonds is 10. The molecule has 6 fully saturated rings. The predicted molar refractivity (Wildman–Crippen MR) is 338 cm³/mol. The number of aromatic nitrogens is 2. The van der Waals surface area contributed by atoms with Crippen LogP contribution in [0, 0.1) is 51.0 Å². The van der Waals surface area contributed by atoms with Gasteiger partial charge in [-0.2, -0.15) is 0 Å². The number of aliphatic carboxylic acids is 1. The van der Waals surface area contributed by atoms with E-state index in [-0.39, 0.29) is 105 Å². The smallest absolute Gasteiger partial charge is 0.307 e. The van der Waals surface area contributed by atoms with Crippen molar-refractivity contribution in [3.63, 3.8) is 0 Å². The molecule has 2 aromatic carbocycles. The maximum Gasteiger partial charge on any atom is 0.307 e. The van der Waals surface area contributed by atoms with Crippen molar-refractivity contribution < 1.29 is 52.1 Å². The van der Waals surface area contributed by atoms with Gasteiger partial charge in [-0.05, 0) is 176 Å². The van der Waals surface area contributed by atoms with Crippen molar-refractivity contribution in [2.45, 2.75) is 192 Å². The Morgan fingerprint density at radius 2 is 1.03 bits per heavy atom. The number of Topliss-reactive ketones (excluding diaryl/α,β-unsaturated/α-hetero) is 3. The molecule has 12 rings (SSSR count). The molecule has 2 saturated heterocycles. The van der Waals surface area contributed by atoms with Crippen LogP contribution in [0.3, 0.4) is 0 Å². The average molecular weight is 1310 g/mol. The second-order valence-corrected chi connectivity index (χ2v) is 29.0. The highest BCUT2D eigenvalue weighted by atomic mass is 35.5. The van der Waals surface area contributed by atoms with Gasteiger partial charge in [0.1, 0.15) is 18.0 Å². The predicted octanol–water partition coefficient (Wildman–Crippen LogP) is 14.9. The number of hydrogen-bond donors (Lipinski definition) is 4. The molecule has 2 aromatic heterocycles. The first-order valence-electron chi connectivity index (χ1n) is 30.8. The number of hydrogen-bond acceptors (Lipinski definition) is 11. The van der Waals surface area contributed by atoms with Crippen LogP contribution in [0.15, 0.2) is 60.9 Å². The third-order valence-electron chi connectivity index (χ3n) is 21.5. The van der Waals surface area contributed by atoms with E-state index in [1.807, 2.05) is 19.9 Å². The van der Waals surface area contributed by atoms with Gasteiger partial charge >= 0.3 is 5.97 Å². The summed E-state index contributed by atoms with van der Waals surface area (Å²) in [5.74, 6) is -6.01. The molecule has 2 amide bonds. The summed E-state index contributed by atoms with van der Waals surface area (Å²) in [6.07, 6.45) is 13.6. The first-order chi connectivity index (χ1) is 41.2. The number of nitrogens with two attached hydrogens (primary N) is 1. The number of ketones is 3. The molecule has 88 heavy (non-hydrogen) atoms. The number of amides is 2. The van der Waals surface area contributed by atoms with Crippen LogP contribution in [-0.2, 0) is 49.1 Å². The van der Waals surface area contributed by atoms with Gasteiger partial charge < -0.3 is 30.9 Å². The van der Waals surface area contributed by atoms with Crippen molar-refractivity contribution in [3.05, 3.63) is 115 Å². The molecule has 21 heteroatoms. The van der Waals surface area contributed by atoms with Crippen LogP contribution in [0.4, 0.5) is 20.2 Å². The van der Waals surface area contributed by atoms with Crippen LogP contribution in [0.5, 0.6) is 0 Å². The second kappa shape index (κ2) is 26.2. The lowest BCUT2D eigenvalue weighted by Crippen LogP contribution is -2.52. The fourth-order valence-corrected chi connectivity index (χ4v) is 17.5. The fraction of sp³-hybridized carbons (Fsp3) is 0.582. The topological polar surface area (TPSA) is 217 Å². The number of nitrogens with one attached hydrogen (secondary N) is 2. The minimum Gasteiger partial charge on any atom is -0.481 e. The highest BCUT2D eigenvalue weighted by molar-refractivity contribution is 6.32. The zero-order valence-corrected chi connectivity index (χ0v) is 54.5. The van der Waals surface area contributed by atoms with E-state index in [0.29, 0.717) is 85.1 Å². The Bertz CT molecular complexity index is 3350. The van der Waals surface area contributed by atoms with E-state index in [9.17, 15) is 33.9 Å². The van der Waals surface area contributed by atoms with Crippen LogP contribution >= 0.6 is 58.8 Å². The van der Waals surface area contributed by atoms with Crippen molar-refractivity contribution in [2.24, 2.45) is 45.1 Å². The van der Waals surface area contributed by atoms with E-state index in [1.54, 1.807) is 36.4 Å². The van der Waals surface area contributed by atoms with Gasteiger partial charge in [0.15, 0.2) is 33.5 Å². The third kappa shape index (κ3) is 12.0. The van der Waals surface area contributed by atoms with Crippen LogP contribution in [0.1, 0.15) is 185 Å². The lowest BCUT2D eigenvalue weighted by molar-refractivity contribution is -0.142. The summed E-state index contributed by atoms with van der Waals surface area (Å²) in [5, 5.41) is 16.8. The number of carbonyl (C=O) groups is 6. The normalized spacial score (nSPS) is 30.0. The molecule has 4 spiro atoms. The highest BCUT2D eigenvalue weighted by Gasteiger charge is 2.74. The number of carboxylic acid groups (broad SMARTS) is 1. The van der Waals surface area contributed by atoms with Crippen molar-refractivity contribution >= 4 is 105 Å².